The minimum Gasteiger partial charge on any atom is -0.478 e. The Balaban J connectivity index is 1.44. The molecule has 1 aliphatic heterocycles. The highest BCUT2D eigenvalue weighted by Gasteiger charge is 2.35. The SMILES string of the molecule is O=C(O)c1ccc(NC(=O)C(F)CN2C(=O)/C(=C/c3cccc(-c4ccc(F)c(F)c4)n3)SC2=S)cc1. The van der Waals surface area contributed by atoms with Crippen LogP contribution < -0.4 is 5.32 Å². The Labute approximate surface area is 218 Å². The molecule has 1 unspecified atom stereocenters. The number of thiocarbonyl (C=S) groups is 1. The zero-order valence-electron chi connectivity index (χ0n) is 18.7. The average Bonchev–Trinajstić information content (AvgIpc) is 3.13. The number of thioether (sulfide) groups is 1. The van der Waals surface area contributed by atoms with Crippen molar-refractivity contribution in [2.45, 2.75) is 6.17 Å². The Morgan fingerprint density at radius 1 is 1.11 bits per heavy atom. The van der Waals surface area contributed by atoms with Crippen LogP contribution in [0.1, 0.15) is 16.1 Å². The zero-order chi connectivity index (χ0) is 26.7. The molecule has 2 amide bonds. The summed E-state index contributed by atoms with van der Waals surface area (Å²) in [5.74, 6) is -4.79. The normalized spacial score (nSPS) is 15.2. The maximum atomic E-state index is 14.7. The fraction of sp³-hybridized carbons (Fsp3) is 0.0800. The van der Waals surface area contributed by atoms with E-state index in [0.717, 1.165) is 28.8 Å². The van der Waals surface area contributed by atoms with E-state index in [-0.39, 0.29) is 20.5 Å². The Morgan fingerprint density at radius 3 is 2.51 bits per heavy atom. The van der Waals surface area contributed by atoms with Gasteiger partial charge in [-0.2, -0.15) is 0 Å². The van der Waals surface area contributed by atoms with E-state index in [0.29, 0.717) is 17.0 Å². The third-order valence-corrected chi connectivity index (χ3v) is 6.54. The number of carbonyl (C=O) groups excluding carboxylic acids is 2. The van der Waals surface area contributed by atoms with Gasteiger partial charge in [0.05, 0.1) is 28.4 Å². The van der Waals surface area contributed by atoms with Gasteiger partial charge >= 0.3 is 5.97 Å². The molecule has 12 heteroatoms. The van der Waals surface area contributed by atoms with E-state index in [4.69, 9.17) is 17.3 Å². The molecule has 0 spiro atoms. The van der Waals surface area contributed by atoms with Crippen molar-refractivity contribution in [3.63, 3.8) is 0 Å². The van der Waals surface area contributed by atoms with Crippen LogP contribution >= 0.6 is 24.0 Å². The van der Waals surface area contributed by atoms with Gasteiger partial charge in [-0.1, -0.05) is 30.0 Å². The summed E-state index contributed by atoms with van der Waals surface area (Å²) in [6, 6.07) is 13.3. The number of halogens is 3. The summed E-state index contributed by atoms with van der Waals surface area (Å²) in [5, 5.41) is 11.2. The summed E-state index contributed by atoms with van der Waals surface area (Å²) in [6.45, 7) is -0.622. The van der Waals surface area contributed by atoms with E-state index in [1.165, 1.54) is 36.4 Å². The second-order valence-electron chi connectivity index (χ2n) is 7.71. The molecule has 37 heavy (non-hydrogen) atoms. The summed E-state index contributed by atoms with van der Waals surface area (Å²) in [4.78, 5) is 41.5. The maximum absolute atomic E-state index is 14.7. The van der Waals surface area contributed by atoms with Crippen LogP contribution in [0.4, 0.5) is 18.9 Å². The van der Waals surface area contributed by atoms with Gasteiger partial charge in [0.15, 0.2) is 17.8 Å². The molecule has 1 saturated heterocycles. The molecule has 1 fully saturated rings. The zero-order valence-corrected chi connectivity index (χ0v) is 20.3. The molecule has 0 aliphatic carbocycles. The van der Waals surface area contributed by atoms with Gasteiger partial charge in [-0.05, 0) is 60.7 Å². The van der Waals surface area contributed by atoms with Crippen LogP contribution in [0.2, 0.25) is 0 Å². The third kappa shape index (κ3) is 6.04. The predicted molar refractivity (Wildman–Crippen MR) is 136 cm³/mol. The van der Waals surface area contributed by atoms with Crippen LogP contribution in [-0.2, 0) is 9.59 Å². The lowest BCUT2D eigenvalue weighted by Gasteiger charge is -2.17. The van der Waals surface area contributed by atoms with Gasteiger partial charge in [0.25, 0.3) is 11.8 Å². The number of nitrogens with zero attached hydrogens (tertiary/aromatic N) is 2. The Bertz CT molecular complexity index is 1450. The number of rotatable bonds is 7. The number of aromatic carboxylic acids is 1. The predicted octanol–water partition coefficient (Wildman–Crippen LogP) is 4.90. The number of carboxylic acid groups (broad SMARTS) is 1. The number of carbonyl (C=O) groups is 3. The average molecular weight is 544 g/mol. The highest BCUT2D eigenvalue weighted by molar-refractivity contribution is 8.26. The second kappa shape index (κ2) is 10.9. The van der Waals surface area contributed by atoms with E-state index >= 15 is 0 Å². The van der Waals surface area contributed by atoms with Crippen LogP contribution in [0, 0.1) is 11.6 Å². The minimum absolute atomic E-state index is 0.00371. The topological polar surface area (TPSA) is 99.6 Å². The van der Waals surface area contributed by atoms with Gasteiger partial charge in [-0.25, -0.2) is 22.9 Å². The Kier molecular flexibility index (Phi) is 7.69. The molecule has 1 aliphatic rings. The van der Waals surface area contributed by atoms with E-state index in [1.807, 2.05) is 0 Å². The number of hydrogen-bond donors (Lipinski definition) is 2. The molecule has 2 aromatic carbocycles. The lowest BCUT2D eigenvalue weighted by molar-refractivity contribution is -0.125. The standard InChI is InChI=1S/C25H16F3N3O4S2/c26-17-9-6-14(10-18(17)27)20-3-1-2-16(29-20)11-21-23(33)31(25(36)37-21)12-19(28)22(32)30-15-7-4-13(5-8-15)24(34)35/h1-11,19H,12H2,(H,30,32)(H,34,35)/b21-11-. The highest BCUT2D eigenvalue weighted by Crippen LogP contribution is 2.33. The number of benzene rings is 2. The smallest absolute Gasteiger partial charge is 0.335 e. The van der Waals surface area contributed by atoms with Crippen LogP contribution in [0.15, 0.2) is 65.6 Å². The molecule has 2 heterocycles. The monoisotopic (exact) mass is 543 g/mol. The van der Waals surface area contributed by atoms with Crippen molar-refractivity contribution in [3.8, 4) is 11.3 Å². The molecule has 0 bridgehead atoms. The minimum atomic E-state index is -2.11. The molecular formula is C25H16F3N3O4S2. The molecule has 2 N–H and O–H groups in total. The van der Waals surface area contributed by atoms with Crippen molar-refractivity contribution in [1.29, 1.82) is 0 Å². The Hall–Kier alpha value is -4.03. The largest absolute Gasteiger partial charge is 0.478 e. The summed E-state index contributed by atoms with van der Waals surface area (Å²) >= 11 is 6.10. The van der Waals surface area contributed by atoms with Crippen LogP contribution in [-0.4, -0.2) is 49.8 Å². The number of amides is 2. The summed E-state index contributed by atoms with van der Waals surface area (Å²) in [5.41, 5.74) is 1.21. The van der Waals surface area contributed by atoms with E-state index in [1.54, 1.807) is 18.2 Å². The lowest BCUT2D eigenvalue weighted by atomic mass is 10.1. The lowest BCUT2D eigenvalue weighted by Crippen LogP contribution is -2.39. The van der Waals surface area contributed by atoms with Crippen molar-refractivity contribution >= 4 is 57.8 Å². The molecule has 1 aromatic heterocycles. The van der Waals surface area contributed by atoms with Gasteiger partial charge < -0.3 is 10.4 Å². The maximum Gasteiger partial charge on any atom is 0.335 e. The van der Waals surface area contributed by atoms with E-state index in [2.05, 4.69) is 10.3 Å². The van der Waals surface area contributed by atoms with Gasteiger partial charge in [0, 0.05) is 11.3 Å². The van der Waals surface area contributed by atoms with Crippen molar-refractivity contribution in [2.24, 2.45) is 0 Å². The van der Waals surface area contributed by atoms with Crippen molar-refractivity contribution in [1.82, 2.24) is 9.88 Å². The van der Waals surface area contributed by atoms with Crippen LogP contribution in [0.3, 0.4) is 0 Å². The molecule has 3 aromatic rings. The number of nitrogens with one attached hydrogen (secondary N) is 1. The van der Waals surface area contributed by atoms with E-state index in [9.17, 15) is 27.6 Å². The molecule has 7 nitrogen and oxygen atoms in total. The molecule has 4 rings (SSSR count). The van der Waals surface area contributed by atoms with Gasteiger partial charge in [-0.3, -0.25) is 14.5 Å². The van der Waals surface area contributed by atoms with E-state index < -0.39 is 42.1 Å². The van der Waals surface area contributed by atoms with Crippen LogP contribution in [0.25, 0.3) is 17.3 Å². The van der Waals surface area contributed by atoms with Crippen LogP contribution in [0.5, 0.6) is 0 Å². The molecular weight excluding hydrogens is 527 g/mol. The van der Waals surface area contributed by atoms with Gasteiger partial charge in [0.1, 0.15) is 4.32 Å². The molecule has 0 radical (unpaired) electrons. The number of anilines is 1. The number of alkyl halides is 1. The first kappa shape index (κ1) is 26.0. The fourth-order valence-electron chi connectivity index (χ4n) is 3.30. The molecule has 0 saturated carbocycles. The van der Waals surface area contributed by atoms with Crippen molar-refractivity contribution in [3.05, 3.63) is 88.5 Å². The van der Waals surface area contributed by atoms with Gasteiger partial charge in [0.2, 0.25) is 0 Å². The molecule has 188 valence electrons. The number of hydrogen-bond acceptors (Lipinski definition) is 6. The number of pyridine rings is 1. The second-order valence-corrected chi connectivity index (χ2v) is 9.38. The van der Waals surface area contributed by atoms with Crippen molar-refractivity contribution < 1.29 is 32.7 Å². The first-order valence-corrected chi connectivity index (χ1v) is 11.8. The highest BCUT2D eigenvalue weighted by atomic mass is 32.2. The Morgan fingerprint density at radius 2 is 1.84 bits per heavy atom. The third-order valence-electron chi connectivity index (χ3n) is 5.17. The summed E-state index contributed by atoms with van der Waals surface area (Å²) in [7, 11) is 0. The first-order chi connectivity index (χ1) is 17.6. The molecule has 1 atom stereocenters. The number of carboxylic acids is 1. The number of aromatic nitrogens is 1. The fourth-order valence-corrected chi connectivity index (χ4v) is 4.56. The summed E-state index contributed by atoms with van der Waals surface area (Å²) in [6.07, 6.45) is -0.684. The summed E-state index contributed by atoms with van der Waals surface area (Å²) < 4.78 is 41.6. The van der Waals surface area contributed by atoms with Gasteiger partial charge in [-0.15, -0.1) is 0 Å². The quantitative estimate of drug-likeness (QED) is 0.323. The van der Waals surface area contributed by atoms with Crippen molar-refractivity contribution in [2.75, 3.05) is 11.9 Å². The first-order valence-electron chi connectivity index (χ1n) is 10.6.